The Morgan fingerprint density at radius 1 is 1.07 bits per heavy atom. The molecule has 0 aliphatic rings. The Morgan fingerprint density at radius 2 is 1.70 bits per heavy atom. The Kier molecular flexibility index (Phi) is 5.41. The van der Waals surface area contributed by atoms with Crippen LogP contribution in [0.3, 0.4) is 0 Å². The first-order valence-electron chi connectivity index (χ1n) is 7.89. The van der Waals surface area contributed by atoms with Crippen LogP contribution in [0.1, 0.15) is 17.3 Å². The molecule has 0 spiro atoms. The van der Waals surface area contributed by atoms with Crippen molar-refractivity contribution in [3.8, 4) is 0 Å². The van der Waals surface area contributed by atoms with Gasteiger partial charge in [-0.3, -0.25) is 9.59 Å². The Balaban J connectivity index is 2.18. The fraction of sp³-hybridized carbons (Fsp3) is 0.167. The Hall–Kier alpha value is -2.94. The Labute approximate surface area is 155 Å². The summed E-state index contributed by atoms with van der Waals surface area (Å²) in [6.07, 6.45) is 0. The molecular formula is C18H13F3N2O3S. The van der Waals surface area contributed by atoms with E-state index in [0.717, 1.165) is 34.1 Å². The number of ether oxygens (including phenoxy) is 1. The lowest BCUT2D eigenvalue weighted by Gasteiger charge is -2.05. The van der Waals surface area contributed by atoms with Gasteiger partial charge in [-0.1, -0.05) is 23.5 Å². The lowest BCUT2D eigenvalue weighted by molar-refractivity contribution is -0.143. The average Bonchev–Trinajstić information content (AvgIpc) is 2.93. The van der Waals surface area contributed by atoms with E-state index in [0.29, 0.717) is 4.70 Å². The van der Waals surface area contributed by atoms with Crippen LogP contribution in [0.4, 0.5) is 13.2 Å². The Bertz CT molecular complexity index is 1080. The second-order valence-corrected chi connectivity index (χ2v) is 6.39. The SMILES string of the molecule is CCOC(=O)Cn1c(=NC(=O)c2c(F)cccc2F)sc2cccc(F)c21. The Morgan fingerprint density at radius 3 is 2.37 bits per heavy atom. The van der Waals surface area contributed by atoms with Gasteiger partial charge in [0.05, 0.1) is 16.8 Å². The van der Waals surface area contributed by atoms with Crippen molar-refractivity contribution < 1.29 is 27.5 Å². The van der Waals surface area contributed by atoms with Gasteiger partial charge in [0.25, 0.3) is 5.91 Å². The molecule has 2 aromatic carbocycles. The van der Waals surface area contributed by atoms with Crippen molar-refractivity contribution in [2.75, 3.05) is 6.61 Å². The normalized spacial score (nSPS) is 11.8. The van der Waals surface area contributed by atoms with E-state index in [2.05, 4.69) is 4.99 Å². The van der Waals surface area contributed by atoms with Crippen LogP contribution in [0.25, 0.3) is 10.2 Å². The van der Waals surface area contributed by atoms with Crippen LogP contribution >= 0.6 is 11.3 Å². The van der Waals surface area contributed by atoms with Crippen LogP contribution in [0.2, 0.25) is 0 Å². The third-order valence-electron chi connectivity index (χ3n) is 3.62. The van der Waals surface area contributed by atoms with Gasteiger partial charge in [0, 0.05) is 0 Å². The minimum atomic E-state index is -1.17. The van der Waals surface area contributed by atoms with Gasteiger partial charge in [-0.05, 0) is 31.2 Å². The number of carbonyl (C=O) groups is 2. The molecule has 9 heteroatoms. The average molecular weight is 394 g/mol. The number of esters is 1. The number of rotatable bonds is 4. The summed E-state index contributed by atoms with van der Waals surface area (Å²) in [6.45, 7) is 1.33. The second-order valence-electron chi connectivity index (χ2n) is 5.38. The van der Waals surface area contributed by atoms with Gasteiger partial charge in [-0.2, -0.15) is 4.99 Å². The molecule has 0 fully saturated rings. The molecule has 1 heterocycles. The summed E-state index contributed by atoms with van der Waals surface area (Å²) in [4.78, 5) is 27.8. The number of carbonyl (C=O) groups excluding carboxylic acids is 2. The number of benzene rings is 2. The summed E-state index contributed by atoms with van der Waals surface area (Å²) in [5.74, 6) is -4.58. The smallest absolute Gasteiger partial charge is 0.326 e. The van der Waals surface area contributed by atoms with Crippen LogP contribution in [0.5, 0.6) is 0 Å². The standard InChI is InChI=1S/C18H13F3N2O3S/c1-2-26-14(24)9-23-16-12(21)7-4-8-13(16)27-18(23)22-17(25)15-10(19)5-3-6-11(15)20/h3-8H,2,9H2,1H3. The maximum atomic E-state index is 14.3. The van der Waals surface area contributed by atoms with Gasteiger partial charge >= 0.3 is 5.97 Å². The van der Waals surface area contributed by atoms with Crippen molar-refractivity contribution >= 4 is 33.4 Å². The highest BCUT2D eigenvalue weighted by molar-refractivity contribution is 7.16. The fourth-order valence-corrected chi connectivity index (χ4v) is 3.54. The van der Waals surface area contributed by atoms with Crippen molar-refractivity contribution in [2.24, 2.45) is 4.99 Å². The van der Waals surface area contributed by atoms with Gasteiger partial charge in [-0.25, -0.2) is 13.2 Å². The molecule has 0 saturated heterocycles. The highest BCUT2D eigenvalue weighted by Crippen LogP contribution is 2.21. The topological polar surface area (TPSA) is 60.7 Å². The van der Waals surface area contributed by atoms with Crippen molar-refractivity contribution in [3.63, 3.8) is 0 Å². The molecule has 0 atom stereocenters. The summed E-state index contributed by atoms with van der Waals surface area (Å²) in [7, 11) is 0. The molecule has 0 aliphatic heterocycles. The van der Waals surface area contributed by atoms with E-state index in [-0.39, 0.29) is 16.9 Å². The zero-order valence-electron chi connectivity index (χ0n) is 14.0. The predicted octanol–water partition coefficient (Wildman–Crippen LogP) is 3.42. The van der Waals surface area contributed by atoms with Crippen molar-refractivity contribution in [3.05, 3.63) is 64.2 Å². The summed E-state index contributed by atoms with van der Waals surface area (Å²) < 4.78 is 48.4. The minimum Gasteiger partial charge on any atom is -0.465 e. The highest BCUT2D eigenvalue weighted by atomic mass is 32.1. The molecular weight excluding hydrogens is 381 g/mol. The molecule has 5 nitrogen and oxygen atoms in total. The molecule has 140 valence electrons. The molecule has 3 rings (SSSR count). The molecule has 0 bridgehead atoms. The minimum absolute atomic E-state index is 0.0520. The number of para-hydroxylation sites is 1. The van der Waals surface area contributed by atoms with Crippen LogP contribution in [0, 0.1) is 17.5 Å². The van der Waals surface area contributed by atoms with E-state index < -0.39 is 41.4 Å². The van der Waals surface area contributed by atoms with Gasteiger partial charge in [0.15, 0.2) is 4.80 Å². The van der Waals surface area contributed by atoms with Crippen LogP contribution in [-0.4, -0.2) is 23.1 Å². The van der Waals surface area contributed by atoms with E-state index in [9.17, 15) is 22.8 Å². The number of nitrogens with zero attached hydrogens (tertiary/aromatic N) is 2. The molecule has 27 heavy (non-hydrogen) atoms. The van der Waals surface area contributed by atoms with E-state index in [1.807, 2.05) is 0 Å². The maximum Gasteiger partial charge on any atom is 0.326 e. The van der Waals surface area contributed by atoms with Gasteiger partial charge in [0.1, 0.15) is 29.6 Å². The van der Waals surface area contributed by atoms with Crippen molar-refractivity contribution in [2.45, 2.75) is 13.5 Å². The number of hydrogen-bond acceptors (Lipinski definition) is 4. The zero-order chi connectivity index (χ0) is 19.6. The van der Waals surface area contributed by atoms with Crippen LogP contribution in [0.15, 0.2) is 41.4 Å². The third-order valence-corrected chi connectivity index (χ3v) is 4.66. The predicted molar refractivity (Wildman–Crippen MR) is 92.7 cm³/mol. The van der Waals surface area contributed by atoms with E-state index in [1.54, 1.807) is 13.0 Å². The highest BCUT2D eigenvalue weighted by Gasteiger charge is 2.19. The quantitative estimate of drug-likeness (QED) is 0.637. The summed E-state index contributed by atoms with van der Waals surface area (Å²) in [5, 5.41) is 0. The summed E-state index contributed by atoms with van der Waals surface area (Å²) in [6, 6.07) is 7.23. The first kappa shape index (κ1) is 18.8. The molecule has 0 unspecified atom stereocenters. The van der Waals surface area contributed by atoms with E-state index >= 15 is 0 Å². The van der Waals surface area contributed by atoms with Gasteiger partial charge in [-0.15, -0.1) is 0 Å². The first-order chi connectivity index (χ1) is 12.9. The number of amides is 1. The fourth-order valence-electron chi connectivity index (χ4n) is 2.50. The maximum absolute atomic E-state index is 14.3. The number of hydrogen-bond donors (Lipinski definition) is 0. The second kappa shape index (κ2) is 7.75. The molecule has 0 aliphatic carbocycles. The van der Waals surface area contributed by atoms with Crippen LogP contribution in [-0.2, 0) is 16.1 Å². The van der Waals surface area contributed by atoms with Crippen molar-refractivity contribution in [1.29, 1.82) is 0 Å². The monoisotopic (exact) mass is 394 g/mol. The number of thiazole rings is 1. The molecule has 0 N–H and O–H groups in total. The molecule has 1 aromatic heterocycles. The zero-order valence-corrected chi connectivity index (χ0v) is 14.9. The molecule has 3 aromatic rings. The van der Waals surface area contributed by atoms with E-state index in [1.165, 1.54) is 12.1 Å². The van der Waals surface area contributed by atoms with E-state index in [4.69, 9.17) is 4.74 Å². The third kappa shape index (κ3) is 3.77. The summed E-state index contributed by atoms with van der Waals surface area (Å²) in [5.41, 5.74) is -0.769. The first-order valence-corrected chi connectivity index (χ1v) is 8.70. The number of halogens is 3. The number of fused-ring (bicyclic) bond motifs is 1. The molecule has 0 radical (unpaired) electrons. The largest absolute Gasteiger partial charge is 0.465 e. The van der Waals surface area contributed by atoms with Crippen molar-refractivity contribution in [1.82, 2.24) is 4.57 Å². The van der Waals surface area contributed by atoms with Gasteiger partial charge < -0.3 is 9.30 Å². The number of aromatic nitrogens is 1. The van der Waals surface area contributed by atoms with Crippen LogP contribution < -0.4 is 4.80 Å². The molecule has 0 saturated carbocycles. The van der Waals surface area contributed by atoms with Gasteiger partial charge in [0.2, 0.25) is 0 Å². The summed E-state index contributed by atoms with van der Waals surface area (Å²) >= 11 is 0.916. The lowest BCUT2D eigenvalue weighted by Crippen LogP contribution is -2.23. The molecule has 1 amide bonds. The lowest BCUT2D eigenvalue weighted by atomic mass is 10.2.